The number of esters is 1. The Kier molecular flexibility index (Phi) is 11.5. The Morgan fingerprint density at radius 3 is 2.29 bits per heavy atom. The Bertz CT molecular complexity index is 2580. The number of benzene rings is 5. The van der Waals surface area contributed by atoms with Gasteiger partial charge >= 0.3 is 12.0 Å². The standard InChI is InChI=1S/C49H46N6O8/c50-48(60)51-22-8-9-31-16-21-39-38(29-31)49(47(59)53-39)40(45(57)52-35-17-19-36(20-18-35)54-23-26-61-27-24-54)42-46(58)63-43(33-12-5-2-6-13-33)41(32-10-3-1-4-11-32)55(42)44(49)34-14-7-15-37(30-34)62-28-25-56/h1-7,10-21,29-30,40-44,56H,22-28H2,(H,52,57)(H,53,59)(H3,50,51,60). The molecule has 0 bridgehead atoms. The van der Waals surface area contributed by atoms with Crippen molar-refractivity contribution in [1.82, 2.24) is 10.2 Å². The van der Waals surface area contributed by atoms with Crippen molar-refractivity contribution in [3.8, 4) is 17.6 Å². The van der Waals surface area contributed by atoms with Crippen molar-refractivity contribution in [2.45, 2.75) is 29.6 Å². The fourth-order valence-corrected chi connectivity index (χ4v) is 9.68. The van der Waals surface area contributed by atoms with E-state index in [4.69, 9.17) is 19.9 Å². The highest BCUT2D eigenvalue weighted by Gasteiger charge is 2.74. The number of anilines is 3. The van der Waals surface area contributed by atoms with Crippen LogP contribution in [0, 0.1) is 17.8 Å². The van der Waals surface area contributed by atoms with Gasteiger partial charge < -0.3 is 45.9 Å². The number of aliphatic hydroxyl groups excluding tert-OH is 1. The summed E-state index contributed by atoms with van der Waals surface area (Å²) in [6.07, 6.45) is -0.848. The predicted octanol–water partition coefficient (Wildman–Crippen LogP) is 4.82. The van der Waals surface area contributed by atoms with Gasteiger partial charge in [0.2, 0.25) is 11.8 Å². The van der Waals surface area contributed by atoms with Crippen molar-refractivity contribution < 1.29 is 38.5 Å². The molecule has 9 rings (SSSR count). The number of ether oxygens (including phenoxy) is 3. The minimum atomic E-state index is -1.78. The lowest BCUT2D eigenvalue weighted by Gasteiger charge is -2.46. The van der Waals surface area contributed by atoms with Gasteiger partial charge in [0.1, 0.15) is 29.9 Å². The second-order valence-corrected chi connectivity index (χ2v) is 15.8. The lowest BCUT2D eigenvalue weighted by Crippen LogP contribution is -2.53. The molecule has 6 atom stereocenters. The van der Waals surface area contributed by atoms with Crippen molar-refractivity contribution in [3.05, 3.63) is 155 Å². The van der Waals surface area contributed by atoms with E-state index < -0.39 is 59.4 Å². The Hall–Kier alpha value is -7.18. The van der Waals surface area contributed by atoms with Crippen LogP contribution in [0.5, 0.6) is 5.75 Å². The smallest absolute Gasteiger partial charge is 0.324 e. The topological polar surface area (TPSA) is 185 Å². The number of nitrogens with one attached hydrogen (secondary N) is 3. The van der Waals surface area contributed by atoms with Crippen LogP contribution in [0.25, 0.3) is 0 Å². The molecule has 63 heavy (non-hydrogen) atoms. The molecule has 5 aromatic rings. The van der Waals surface area contributed by atoms with Gasteiger partial charge in [-0.3, -0.25) is 19.3 Å². The van der Waals surface area contributed by atoms with Crippen LogP contribution in [-0.2, 0) is 29.3 Å². The van der Waals surface area contributed by atoms with Crippen LogP contribution in [0.3, 0.4) is 0 Å². The lowest BCUT2D eigenvalue weighted by atomic mass is 9.65. The minimum absolute atomic E-state index is 0.0192. The summed E-state index contributed by atoms with van der Waals surface area (Å²) >= 11 is 0. The number of morpholine rings is 2. The number of amides is 4. The number of cyclic esters (lactones) is 1. The van der Waals surface area contributed by atoms with Gasteiger partial charge in [0, 0.05) is 35.7 Å². The normalized spacial score (nSPS) is 23.7. The molecule has 4 amide bonds. The molecule has 320 valence electrons. The fourth-order valence-electron chi connectivity index (χ4n) is 9.68. The van der Waals surface area contributed by atoms with Gasteiger partial charge in [-0.05, 0) is 76.9 Å². The molecular weight excluding hydrogens is 801 g/mol. The highest BCUT2D eigenvalue weighted by atomic mass is 16.6. The van der Waals surface area contributed by atoms with E-state index in [1.54, 1.807) is 36.4 Å². The van der Waals surface area contributed by atoms with Crippen LogP contribution in [-0.4, -0.2) is 85.9 Å². The maximum Gasteiger partial charge on any atom is 0.324 e. The molecule has 14 heteroatoms. The number of carbonyl (C=O) groups excluding carboxylic acids is 4. The summed E-state index contributed by atoms with van der Waals surface area (Å²) < 4.78 is 18.0. The number of hydrogen-bond donors (Lipinski definition) is 5. The molecule has 5 aromatic carbocycles. The third kappa shape index (κ3) is 7.71. The fraction of sp³-hybridized carbons (Fsp3) is 0.265. The van der Waals surface area contributed by atoms with Gasteiger partial charge in [-0.25, -0.2) is 4.79 Å². The molecule has 3 saturated heterocycles. The molecule has 1 spiro atoms. The second kappa shape index (κ2) is 17.7. The SMILES string of the molecule is NC(=O)NCC#Cc1ccc2c(c1)C1(C(=O)N2)C(C(=O)Nc2ccc(N3CCOCC3)cc2)C2C(=O)OC(c3ccccc3)C(c3ccccc3)N2C1c1cccc(OCCO)c1. The lowest BCUT2D eigenvalue weighted by molar-refractivity contribution is -0.177. The van der Waals surface area contributed by atoms with Gasteiger partial charge in [-0.15, -0.1) is 0 Å². The number of fused-ring (bicyclic) bond motifs is 3. The summed E-state index contributed by atoms with van der Waals surface area (Å²) in [4.78, 5) is 61.9. The summed E-state index contributed by atoms with van der Waals surface area (Å²) in [6.45, 7) is 2.48. The molecule has 0 aromatic heterocycles. The molecule has 6 N–H and O–H groups in total. The van der Waals surface area contributed by atoms with Crippen LogP contribution in [0.15, 0.2) is 127 Å². The number of primary amides is 1. The molecule has 14 nitrogen and oxygen atoms in total. The van der Waals surface area contributed by atoms with Crippen LogP contribution < -0.4 is 31.3 Å². The average molecular weight is 847 g/mol. The predicted molar refractivity (Wildman–Crippen MR) is 235 cm³/mol. The van der Waals surface area contributed by atoms with E-state index in [2.05, 4.69) is 32.7 Å². The Morgan fingerprint density at radius 2 is 1.57 bits per heavy atom. The zero-order valence-corrected chi connectivity index (χ0v) is 34.2. The monoisotopic (exact) mass is 846 g/mol. The number of urea groups is 1. The molecule has 4 aliphatic rings. The quantitative estimate of drug-likeness (QED) is 0.0965. The number of rotatable bonds is 10. The highest BCUT2D eigenvalue weighted by molar-refractivity contribution is 6.13. The summed E-state index contributed by atoms with van der Waals surface area (Å²) in [5.74, 6) is 3.32. The Balaban J connectivity index is 1.27. The van der Waals surface area contributed by atoms with E-state index in [1.807, 2.05) is 95.9 Å². The van der Waals surface area contributed by atoms with Crippen LogP contribution >= 0.6 is 0 Å². The largest absolute Gasteiger partial charge is 0.491 e. The van der Waals surface area contributed by atoms with Gasteiger partial charge in [-0.1, -0.05) is 84.6 Å². The van der Waals surface area contributed by atoms with Crippen LogP contribution in [0.1, 0.15) is 46.0 Å². The number of nitrogens with two attached hydrogens (primary N) is 1. The maximum atomic E-state index is 15.6. The molecule has 0 saturated carbocycles. The maximum absolute atomic E-state index is 15.6. The molecule has 4 aliphatic heterocycles. The first-order valence-corrected chi connectivity index (χ1v) is 20.9. The van der Waals surface area contributed by atoms with Gasteiger partial charge in [0.05, 0.1) is 44.4 Å². The van der Waals surface area contributed by atoms with Gasteiger partial charge in [0.25, 0.3) is 0 Å². The minimum Gasteiger partial charge on any atom is -0.491 e. The first kappa shape index (κ1) is 41.2. The van der Waals surface area contributed by atoms with E-state index in [-0.39, 0.29) is 19.8 Å². The molecular formula is C49H46N6O8. The van der Waals surface area contributed by atoms with Crippen LogP contribution in [0.2, 0.25) is 0 Å². The Morgan fingerprint density at radius 1 is 0.857 bits per heavy atom. The second-order valence-electron chi connectivity index (χ2n) is 15.8. The van der Waals surface area contributed by atoms with Crippen molar-refractivity contribution >= 4 is 40.9 Å². The van der Waals surface area contributed by atoms with Crippen molar-refractivity contribution in [3.63, 3.8) is 0 Å². The zero-order chi connectivity index (χ0) is 43.5. The third-order valence-corrected chi connectivity index (χ3v) is 12.2. The Labute approximate surface area is 364 Å². The van der Waals surface area contributed by atoms with Crippen molar-refractivity contribution in [1.29, 1.82) is 0 Å². The molecule has 6 unspecified atom stereocenters. The highest BCUT2D eigenvalue weighted by Crippen LogP contribution is 2.65. The summed E-state index contributed by atoms with van der Waals surface area (Å²) in [7, 11) is 0. The average Bonchev–Trinajstić information content (AvgIpc) is 3.79. The van der Waals surface area contributed by atoms with E-state index in [1.165, 1.54) is 0 Å². The van der Waals surface area contributed by atoms with Crippen molar-refractivity contribution in [2.24, 2.45) is 11.7 Å². The van der Waals surface area contributed by atoms with Crippen LogP contribution in [0.4, 0.5) is 21.9 Å². The van der Waals surface area contributed by atoms with Gasteiger partial charge in [-0.2, -0.15) is 0 Å². The molecule has 4 heterocycles. The van der Waals surface area contributed by atoms with E-state index in [0.717, 1.165) is 29.9 Å². The number of hydrogen-bond acceptors (Lipinski definition) is 10. The number of aliphatic hydroxyl groups is 1. The van der Waals surface area contributed by atoms with E-state index in [0.29, 0.717) is 47.0 Å². The number of nitrogens with zero attached hydrogens (tertiary/aromatic N) is 2. The molecule has 3 fully saturated rings. The summed E-state index contributed by atoms with van der Waals surface area (Å²) in [5, 5.41) is 18.4. The van der Waals surface area contributed by atoms with Gasteiger partial charge in [0.15, 0.2) is 0 Å². The summed E-state index contributed by atoms with van der Waals surface area (Å²) in [5.41, 5.74) is 8.50. The number of carbonyl (C=O) groups is 4. The van der Waals surface area contributed by atoms with E-state index in [9.17, 15) is 9.90 Å². The van der Waals surface area contributed by atoms with E-state index >= 15 is 14.4 Å². The van der Waals surface area contributed by atoms with Crippen molar-refractivity contribution in [2.75, 3.05) is 61.6 Å². The molecule has 0 aliphatic carbocycles. The first-order chi connectivity index (χ1) is 30.8. The summed E-state index contributed by atoms with van der Waals surface area (Å²) in [6, 6.07) is 35.3. The third-order valence-electron chi connectivity index (χ3n) is 12.2. The molecule has 0 radical (unpaired) electrons. The zero-order valence-electron chi connectivity index (χ0n) is 34.2. The first-order valence-electron chi connectivity index (χ1n) is 20.9.